The number of carbonyl (C=O) groups excluding carboxylic acids is 1. The van der Waals surface area contributed by atoms with E-state index in [9.17, 15) is 13.2 Å². The molecule has 1 aromatic heterocycles. The van der Waals surface area contributed by atoms with Crippen LogP contribution in [-0.4, -0.2) is 25.1 Å². The third-order valence-corrected chi connectivity index (χ3v) is 5.30. The Kier molecular flexibility index (Phi) is 4.90. The van der Waals surface area contributed by atoms with E-state index in [-0.39, 0.29) is 11.7 Å². The molecule has 0 bridgehead atoms. The summed E-state index contributed by atoms with van der Waals surface area (Å²) in [5.74, 6) is -0.269. The summed E-state index contributed by atoms with van der Waals surface area (Å²) in [5, 5.41) is 3.73. The van der Waals surface area contributed by atoms with Crippen LogP contribution < -0.4 is 10.0 Å². The lowest BCUT2D eigenvalue weighted by molar-refractivity contribution is 0.102. The molecule has 3 aromatic rings. The SMILES string of the molecule is CCS(=O)(=O)Nc1ccc(NC(=O)c2cccc3cccnc23)cc1C. The lowest BCUT2D eigenvalue weighted by Gasteiger charge is -2.12. The van der Waals surface area contributed by atoms with Crippen molar-refractivity contribution < 1.29 is 13.2 Å². The first kappa shape index (κ1) is 17.9. The molecule has 0 radical (unpaired) electrons. The molecule has 0 aliphatic heterocycles. The molecule has 0 saturated carbocycles. The largest absolute Gasteiger partial charge is 0.322 e. The Morgan fingerprint density at radius 1 is 1.12 bits per heavy atom. The number of anilines is 2. The van der Waals surface area contributed by atoms with Crippen molar-refractivity contribution in [1.29, 1.82) is 0 Å². The van der Waals surface area contributed by atoms with Crippen LogP contribution in [0.1, 0.15) is 22.8 Å². The normalized spacial score (nSPS) is 11.3. The number of nitrogens with one attached hydrogen (secondary N) is 2. The van der Waals surface area contributed by atoms with Crippen molar-refractivity contribution in [2.45, 2.75) is 13.8 Å². The number of aromatic nitrogens is 1. The Morgan fingerprint density at radius 3 is 2.62 bits per heavy atom. The smallest absolute Gasteiger partial charge is 0.257 e. The van der Waals surface area contributed by atoms with Crippen LogP contribution in [0.25, 0.3) is 10.9 Å². The first-order valence-electron chi connectivity index (χ1n) is 8.16. The number of aryl methyl sites for hydroxylation is 1. The number of para-hydroxylation sites is 1. The highest BCUT2D eigenvalue weighted by Gasteiger charge is 2.13. The van der Waals surface area contributed by atoms with E-state index in [4.69, 9.17) is 0 Å². The van der Waals surface area contributed by atoms with Crippen LogP contribution >= 0.6 is 0 Å². The maximum Gasteiger partial charge on any atom is 0.257 e. The maximum atomic E-state index is 12.6. The number of rotatable bonds is 5. The van der Waals surface area contributed by atoms with Crippen molar-refractivity contribution in [2.75, 3.05) is 15.8 Å². The third kappa shape index (κ3) is 3.83. The maximum absolute atomic E-state index is 12.6. The van der Waals surface area contributed by atoms with Gasteiger partial charge >= 0.3 is 0 Å². The fourth-order valence-electron chi connectivity index (χ4n) is 2.58. The second kappa shape index (κ2) is 7.13. The molecule has 0 fully saturated rings. The van der Waals surface area contributed by atoms with Gasteiger partial charge in [0.2, 0.25) is 10.0 Å². The van der Waals surface area contributed by atoms with Crippen molar-refractivity contribution in [3.8, 4) is 0 Å². The molecule has 134 valence electrons. The van der Waals surface area contributed by atoms with E-state index in [1.165, 1.54) is 0 Å². The van der Waals surface area contributed by atoms with Gasteiger partial charge in [-0.1, -0.05) is 18.2 Å². The zero-order valence-corrected chi connectivity index (χ0v) is 15.3. The standard InChI is InChI=1S/C19H19N3O3S/c1-3-26(24,25)22-17-10-9-15(12-13(17)2)21-19(23)16-8-4-6-14-7-5-11-20-18(14)16/h4-12,22H,3H2,1-2H3,(H,21,23). The zero-order chi connectivity index (χ0) is 18.7. The predicted molar refractivity (Wildman–Crippen MR) is 104 cm³/mol. The monoisotopic (exact) mass is 369 g/mol. The molecule has 0 spiro atoms. The topological polar surface area (TPSA) is 88.2 Å². The number of pyridine rings is 1. The Labute approximate surface area is 152 Å². The second-order valence-electron chi connectivity index (χ2n) is 5.87. The molecule has 0 aliphatic rings. The van der Waals surface area contributed by atoms with Crippen LogP contribution in [0.15, 0.2) is 54.7 Å². The molecule has 3 rings (SSSR count). The Bertz CT molecular complexity index is 1070. The zero-order valence-electron chi connectivity index (χ0n) is 14.5. The van der Waals surface area contributed by atoms with Gasteiger partial charge in [0.15, 0.2) is 0 Å². The number of hydrogen-bond donors (Lipinski definition) is 2. The molecular weight excluding hydrogens is 350 g/mol. The number of fused-ring (bicyclic) bond motifs is 1. The van der Waals surface area contributed by atoms with Gasteiger partial charge < -0.3 is 5.32 Å². The van der Waals surface area contributed by atoms with Gasteiger partial charge in [0, 0.05) is 17.3 Å². The Morgan fingerprint density at radius 2 is 1.88 bits per heavy atom. The fraction of sp³-hybridized carbons (Fsp3) is 0.158. The molecule has 6 nitrogen and oxygen atoms in total. The highest BCUT2D eigenvalue weighted by atomic mass is 32.2. The summed E-state index contributed by atoms with van der Waals surface area (Å²) in [5.41, 5.74) is 2.92. The van der Waals surface area contributed by atoms with Gasteiger partial charge in [-0.25, -0.2) is 8.42 Å². The summed E-state index contributed by atoms with van der Waals surface area (Å²) in [6, 6.07) is 14.2. The molecule has 0 saturated heterocycles. The van der Waals surface area contributed by atoms with Gasteiger partial charge in [-0.3, -0.25) is 14.5 Å². The predicted octanol–water partition coefficient (Wildman–Crippen LogP) is 3.56. The highest BCUT2D eigenvalue weighted by Crippen LogP contribution is 2.22. The number of carbonyl (C=O) groups is 1. The first-order valence-corrected chi connectivity index (χ1v) is 9.81. The van der Waals surface area contributed by atoms with Crippen molar-refractivity contribution in [3.63, 3.8) is 0 Å². The van der Waals surface area contributed by atoms with Gasteiger partial charge in [-0.05, 0) is 49.7 Å². The van der Waals surface area contributed by atoms with Gasteiger partial charge in [-0.15, -0.1) is 0 Å². The number of amides is 1. The van der Waals surface area contributed by atoms with Crippen molar-refractivity contribution in [1.82, 2.24) is 4.98 Å². The van der Waals surface area contributed by atoms with Gasteiger partial charge in [0.1, 0.15) is 0 Å². The molecule has 2 aromatic carbocycles. The van der Waals surface area contributed by atoms with E-state index in [1.54, 1.807) is 44.3 Å². The minimum atomic E-state index is -3.34. The van der Waals surface area contributed by atoms with E-state index < -0.39 is 10.0 Å². The summed E-state index contributed by atoms with van der Waals surface area (Å²) in [4.78, 5) is 16.9. The number of nitrogens with zero attached hydrogens (tertiary/aromatic N) is 1. The molecular formula is C19H19N3O3S. The average molecular weight is 369 g/mol. The van der Waals surface area contributed by atoms with E-state index >= 15 is 0 Å². The van der Waals surface area contributed by atoms with Crippen LogP contribution in [0.3, 0.4) is 0 Å². The summed E-state index contributed by atoms with van der Waals surface area (Å²) in [7, 11) is -3.34. The van der Waals surface area contributed by atoms with Crippen LogP contribution in [0.5, 0.6) is 0 Å². The lowest BCUT2D eigenvalue weighted by atomic mass is 10.1. The third-order valence-electron chi connectivity index (χ3n) is 4.01. The van der Waals surface area contributed by atoms with Crippen LogP contribution in [0.2, 0.25) is 0 Å². The summed E-state index contributed by atoms with van der Waals surface area (Å²) < 4.78 is 25.9. The Hall–Kier alpha value is -2.93. The van der Waals surface area contributed by atoms with E-state index in [0.717, 1.165) is 10.9 Å². The van der Waals surface area contributed by atoms with E-state index in [1.807, 2.05) is 24.3 Å². The first-order chi connectivity index (χ1) is 12.4. The lowest BCUT2D eigenvalue weighted by Crippen LogP contribution is -2.16. The van der Waals surface area contributed by atoms with Gasteiger partial charge in [-0.2, -0.15) is 0 Å². The van der Waals surface area contributed by atoms with Crippen molar-refractivity contribution in [2.24, 2.45) is 0 Å². The molecule has 1 heterocycles. The van der Waals surface area contributed by atoms with Crippen LogP contribution in [0.4, 0.5) is 11.4 Å². The number of hydrogen-bond acceptors (Lipinski definition) is 4. The molecule has 7 heteroatoms. The van der Waals surface area contributed by atoms with Crippen LogP contribution in [0, 0.1) is 6.92 Å². The Balaban J connectivity index is 1.85. The molecule has 26 heavy (non-hydrogen) atoms. The summed E-state index contributed by atoms with van der Waals surface area (Å²) in [6.07, 6.45) is 1.65. The summed E-state index contributed by atoms with van der Waals surface area (Å²) in [6.45, 7) is 3.35. The number of sulfonamides is 1. The van der Waals surface area contributed by atoms with E-state index in [2.05, 4.69) is 15.0 Å². The molecule has 0 aliphatic carbocycles. The summed E-state index contributed by atoms with van der Waals surface area (Å²) >= 11 is 0. The average Bonchev–Trinajstić information content (AvgIpc) is 2.63. The molecule has 1 amide bonds. The van der Waals surface area contributed by atoms with Gasteiger partial charge in [0.25, 0.3) is 5.91 Å². The molecule has 2 N–H and O–H groups in total. The highest BCUT2D eigenvalue weighted by molar-refractivity contribution is 7.92. The quantitative estimate of drug-likeness (QED) is 0.720. The van der Waals surface area contributed by atoms with E-state index in [0.29, 0.717) is 22.5 Å². The van der Waals surface area contributed by atoms with Crippen LogP contribution in [-0.2, 0) is 10.0 Å². The fourth-order valence-corrected chi connectivity index (χ4v) is 3.29. The minimum absolute atomic E-state index is 0.000983. The second-order valence-corrected chi connectivity index (χ2v) is 7.88. The van der Waals surface area contributed by atoms with Gasteiger partial charge in [0.05, 0.1) is 22.5 Å². The van der Waals surface area contributed by atoms with Crippen molar-refractivity contribution >= 4 is 38.2 Å². The van der Waals surface area contributed by atoms with Crippen molar-refractivity contribution in [3.05, 3.63) is 65.9 Å². The molecule has 0 atom stereocenters. The number of benzene rings is 2. The molecule has 0 unspecified atom stereocenters. The minimum Gasteiger partial charge on any atom is -0.322 e.